The smallest absolute Gasteiger partial charge is 0.264 e. The third-order valence-electron chi connectivity index (χ3n) is 3.49. The monoisotopic (exact) mass is 341 g/mol. The van der Waals surface area contributed by atoms with E-state index in [2.05, 4.69) is 15.8 Å². The van der Waals surface area contributed by atoms with Crippen LogP contribution in [0.25, 0.3) is 0 Å². The van der Waals surface area contributed by atoms with Crippen molar-refractivity contribution in [1.29, 1.82) is 0 Å². The molecular weight excluding hydrogens is 326 g/mol. The van der Waals surface area contributed by atoms with Crippen LogP contribution in [-0.2, 0) is 14.4 Å². The Balaban J connectivity index is 1.38. The molecule has 6 nitrogen and oxygen atoms in total. The quantitative estimate of drug-likeness (QED) is 0.770. The standard InChI is InChI=1S/C14H16ClN3O3S/c15-12-4-3-11(22-12)9-7-10(21-18-9)14(20)17-6-5-16-13(19)8-1-2-8/h3-4,8,10H,1-2,5-7H2,(H,16,19)(H,17,20). The van der Waals surface area contributed by atoms with E-state index in [4.69, 9.17) is 16.4 Å². The normalized spacial score (nSPS) is 20.2. The van der Waals surface area contributed by atoms with Gasteiger partial charge in [-0.1, -0.05) is 16.8 Å². The molecule has 0 bridgehead atoms. The van der Waals surface area contributed by atoms with Gasteiger partial charge in [-0.15, -0.1) is 11.3 Å². The zero-order valence-electron chi connectivity index (χ0n) is 11.8. The molecular formula is C14H16ClN3O3S. The summed E-state index contributed by atoms with van der Waals surface area (Å²) in [5.41, 5.74) is 0.735. The molecule has 3 rings (SSSR count). The molecule has 2 amide bonds. The topological polar surface area (TPSA) is 79.8 Å². The zero-order chi connectivity index (χ0) is 15.5. The summed E-state index contributed by atoms with van der Waals surface area (Å²) in [6.45, 7) is 0.819. The molecule has 1 fully saturated rings. The van der Waals surface area contributed by atoms with Gasteiger partial charge in [-0.3, -0.25) is 9.59 Å². The summed E-state index contributed by atoms with van der Waals surface area (Å²) in [5.74, 6) is 0.0380. The Labute approximate surface area is 136 Å². The number of nitrogens with one attached hydrogen (secondary N) is 2. The molecule has 1 atom stereocenters. The molecule has 0 aromatic carbocycles. The fourth-order valence-corrected chi connectivity index (χ4v) is 3.14. The number of hydrogen-bond donors (Lipinski definition) is 2. The maximum atomic E-state index is 12.0. The second-order valence-electron chi connectivity index (χ2n) is 5.30. The van der Waals surface area contributed by atoms with Crippen molar-refractivity contribution in [3.05, 3.63) is 21.3 Å². The van der Waals surface area contributed by atoms with E-state index in [9.17, 15) is 9.59 Å². The van der Waals surface area contributed by atoms with Crippen molar-refractivity contribution in [3.8, 4) is 0 Å². The molecule has 0 radical (unpaired) electrons. The molecule has 2 N–H and O–H groups in total. The van der Waals surface area contributed by atoms with Gasteiger partial charge >= 0.3 is 0 Å². The SMILES string of the molecule is O=C(NCCNC(=O)C1CC(c2ccc(Cl)s2)=NO1)C1CC1. The third-order valence-corrected chi connectivity index (χ3v) is 4.77. The van der Waals surface area contributed by atoms with E-state index in [0.29, 0.717) is 23.8 Å². The van der Waals surface area contributed by atoms with Crippen molar-refractivity contribution in [2.24, 2.45) is 11.1 Å². The van der Waals surface area contributed by atoms with Gasteiger partial charge < -0.3 is 15.5 Å². The molecule has 1 aliphatic carbocycles. The van der Waals surface area contributed by atoms with Gasteiger partial charge in [0.15, 0.2) is 0 Å². The minimum absolute atomic E-state index is 0.0755. The van der Waals surface area contributed by atoms with E-state index in [1.165, 1.54) is 11.3 Å². The predicted molar refractivity (Wildman–Crippen MR) is 84.1 cm³/mol. The second-order valence-corrected chi connectivity index (χ2v) is 7.01. The Morgan fingerprint density at radius 1 is 1.27 bits per heavy atom. The van der Waals surface area contributed by atoms with Gasteiger partial charge in [-0.05, 0) is 25.0 Å². The van der Waals surface area contributed by atoms with Gasteiger partial charge in [0.1, 0.15) is 5.71 Å². The number of thiophene rings is 1. The molecule has 1 unspecified atom stereocenters. The first-order valence-electron chi connectivity index (χ1n) is 7.17. The number of halogens is 1. The minimum atomic E-state index is -0.616. The number of nitrogens with zero attached hydrogens (tertiary/aromatic N) is 1. The average Bonchev–Trinajstić information content (AvgIpc) is 3.08. The highest BCUT2D eigenvalue weighted by atomic mass is 35.5. The average molecular weight is 342 g/mol. The Kier molecular flexibility index (Phi) is 4.63. The van der Waals surface area contributed by atoms with Crippen LogP contribution in [0, 0.1) is 5.92 Å². The van der Waals surface area contributed by atoms with Crippen molar-refractivity contribution >= 4 is 40.5 Å². The molecule has 1 aromatic heterocycles. The van der Waals surface area contributed by atoms with Crippen molar-refractivity contribution in [3.63, 3.8) is 0 Å². The highest BCUT2D eigenvalue weighted by molar-refractivity contribution is 7.18. The van der Waals surface area contributed by atoms with E-state index in [1.807, 2.05) is 6.07 Å². The highest BCUT2D eigenvalue weighted by Gasteiger charge is 2.30. The molecule has 2 heterocycles. The summed E-state index contributed by atoms with van der Waals surface area (Å²) in [4.78, 5) is 29.5. The van der Waals surface area contributed by atoms with Crippen LogP contribution >= 0.6 is 22.9 Å². The maximum Gasteiger partial charge on any atom is 0.264 e. The molecule has 22 heavy (non-hydrogen) atoms. The Hall–Kier alpha value is -1.60. The maximum absolute atomic E-state index is 12.0. The Morgan fingerprint density at radius 2 is 2.00 bits per heavy atom. The summed E-state index contributed by atoms with van der Waals surface area (Å²) >= 11 is 7.29. The summed E-state index contributed by atoms with van der Waals surface area (Å²) in [5, 5.41) is 9.48. The molecule has 2 aliphatic rings. The Bertz CT molecular complexity index is 612. The first-order chi connectivity index (χ1) is 10.6. The summed E-state index contributed by atoms with van der Waals surface area (Å²) in [7, 11) is 0. The van der Waals surface area contributed by atoms with Gasteiger partial charge in [0.05, 0.1) is 9.21 Å². The van der Waals surface area contributed by atoms with Crippen LogP contribution in [0.5, 0.6) is 0 Å². The lowest BCUT2D eigenvalue weighted by Crippen LogP contribution is -2.40. The number of amides is 2. The van der Waals surface area contributed by atoms with Crippen LogP contribution in [0.1, 0.15) is 24.1 Å². The summed E-state index contributed by atoms with van der Waals surface area (Å²) < 4.78 is 0.678. The van der Waals surface area contributed by atoms with Gasteiger partial charge in [0.25, 0.3) is 5.91 Å². The molecule has 0 saturated heterocycles. The molecule has 1 saturated carbocycles. The van der Waals surface area contributed by atoms with E-state index in [-0.39, 0.29) is 17.7 Å². The van der Waals surface area contributed by atoms with Gasteiger partial charge in [0.2, 0.25) is 12.0 Å². The van der Waals surface area contributed by atoms with E-state index >= 15 is 0 Å². The lowest BCUT2D eigenvalue weighted by molar-refractivity contribution is -0.131. The largest absolute Gasteiger partial charge is 0.382 e. The van der Waals surface area contributed by atoms with Crippen molar-refractivity contribution in [2.75, 3.05) is 13.1 Å². The zero-order valence-corrected chi connectivity index (χ0v) is 13.4. The first-order valence-corrected chi connectivity index (χ1v) is 8.37. The predicted octanol–water partition coefficient (Wildman–Crippen LogP) is 1.54. The van der Waals surface area contributed by atoms with Crippen molar-refractivity contribution in [1.82, 2.24) is 10.6 Å². The fraction of sp³-hybridized carbons (Fsp3) is 0.500. The third kappa shape index (κ3) is 3.78. The number of oxime groups is 1. The Morgan fingerprint density at radius 3 is 2.64 bits per heavy atom. The van der Waals surface area contributed by atoms with Gasteiger partial charge in [0, 0.05) is 25.4 Å². The highest BCUT2D eigenvalue weighted by Crippen LogP contribution is 2.28. The molecule has 0 spiro atoms. The number of rotatable bonds is 6. The van der Waals surface area contributed by atoms with E-state index in [1.54, 1.807) is 6.07 Å². The van der Waals surface area contributed by atoms with E-state index in [0.717, 1.165) is 23.4 Å². The van der Waals surface area contributed by atoms with Crippen molar-refractivity contribution < 1.29 is 14.4 Å². The lowest BCUT2D eigenvalue weighted by Gasteiger charge is -2.10. The minimum Gasteiger partial charge on any atom is -0.382 e. The van der Waals surface area contributed by atoms with Crippen LogP contribution in [0.15, 0.2) is 17.3 Å². The number of hydrogen-bond acceptors (Lipinski definition) is 5. The van der Waals surface area contributed by atoms with E-state index < -0.39 is 6.10 Å². The van der Waals surface area contributed by atoms with Crippen LogP contribution in [0.3, 0.4) is 0 Å². The molecule has 1 aromatic rings. The van der Waals surface area contributed by atoms with Crippen molar-refractivity contribution in [2.45, 2.75) is 25.4 Å². The number of carbonyl (C=O) groups is 2. The summed E-state index contributed by atoms with van der Waals surface area (Å²) in [6.07, 6.45) is 1.76. The lowest BCUT2D eigenvalue weighted by atomic mass is 10.1. The molecule has 118 valence electrons. The van der Waals surface area contributed by atoms with Gasteiger partial charge in [-0.25, -0.2) is 0 Å². The first kappa shape index (κ1) is 15.3. The molecule has 8 heteroatoms. The van der Waals surface area contributed by atoms with Crippen LogP contribution in [0.2, 0.25) is 4.34 Å². The van der Waals surface area contributed by atoms with Crippen LogP contribution in [0.4, 0.5) is 0 Å². The second kappa shape index (κ2) is 6.66. The number of carbonyl (C=O) groups excluding carboxylic acids is 2. The van der Waals surface area contributed by atoms with Crippen LogP contribution < -0.4 is 10.6 Å². The fourth-order valence-electron chi connectivity index (χ4n) is 2.11. The summed E-state index contributed by atoms with van der Waals surface area (Å²) in [6, 6.07) is 3.66. The van der Waals surface area contributed by atoms with Crippen LogP contribution in [-0.4, -0.2) is 36.7 Å². The molecule has 1 aliphatic heterocycles. The van der Waals surface area contributed by atoms with Gasteiger partial charge in [-0.2, -0.15) is 0 Å².